The summed E-state index contributed by atoms with van der Waals surface area (Å²) in [5, 5.41) is 1.21. The highest BCUT2D eigenvalue weighted by Crippen LogP contribution is 2.26. The van der Waals surface area contributed by atoms with Gasteiger partial charge in [-0.15, -0.1) is 0 Å². The molecule has 0 unspecified atom stereocenters. The van der Waals surface area contributed by atoms with Gasteiger partial charge in [-0.05, 0) is 56.3 Å². The number of hydrazine groups is 1. The van der Waals surface area contributed by atoms with E-state index in [2.05, 4.69) is 5.43 Å². The summed E-state index contributed by atoms with van der Waals surface area (Å²) in [5.41, 5.74) is 5.38. The van der Waals surface area contributed by atoms with Crippen LogP contribution in [0.5, 0.6) is 0 Å². The van der Waals surface area contributed by atoms with E-state index in [1.165, 1.54) is 11.1 Å². The summed E-state index contributed by atoms with van der Waals surface area (Å²) in [6.07, 6.45) is 1.42. The quantitative estimate of drug-likeness (QED) is 0.387. The maximum absolute atomic E-state index is 12.7. The topological polar surface area (TPSA) is 88.9 Å². The van der Waals surface area contributed by atoms with Crippen molar-refractivity contribution in [3.8, 4) is 11.3 Å². The predicted octanol–water partition coefficient (Wildman–Crippen LogP) is 3.89. The molecule has 1 aliphatic rings. The number of rotatable bonds is 5. The molecule has 7 heteroatoms. The number of carbonyl (C=O) groups is 3. The van der Waals surface area contributed by atoms with Crippen molar-refractivity contribution in [1.82, 2.24) is 5.43 Å². The smallest absolute Gasteiger partial charge is 0.338 e. The summed E-state index contributed by atoms with van der Waals surface area (Å²) >= 11 is 0. The Labute approximate surface area is 178 Å². The van der Waals surface area contributed by atoms with Gasteiger partial charge in [0.25, 0.3) is 11.8 Å². The van der Waals surface area contributed by atoms with Gasteiger partial charge in [0.15, 0.2) is 0 Å². The maximum Gasteiger partial charge on any atom is 0.338 e. The van der Waals surface area contributed by atoms with Crippen LogP contribution in [0.15, 0.2) is 70.7 Å². The van der Waals surface area contributed by atoms with Crippen LogP contribution < -0.4 is 10.4 Å². The van der Waals surface area contributed by atoms with Crippen molar-refractivity contribution in [1.29, 1.82) is 0 Å². The number of esters is 1. The minimum Gasteiger partial charge on any atom is -0.462 e. The van der Waals surface area contributed by atoms with Crippen molar-refractivity contribution in [3.05, 3.63) is 83.1 Å². The van der Waals surface area contributed by atoms with Crippen molar-refractivity contribution >= 4 is 29.5 Å². The lowest BCUT2D eigenvalue weighted by molar-refractivity contribution is -0.117. The molecule has 2 aromatic carbocycles. The van der Waals surface area contributed by atoms with Gasteiger partial charge >= 0.3 is 5.97 Å². The molecule has 1 fully saturated rings. The third kappa shape index (κ3) is 4.11. The van der Waals surface area contributed by atoms with E-state index < -0.39 is 11.8 Å². The molecule has 156 valence electrons. The minimum atomic E-state index is -0.498. The summed E-state index contributed by atoms with van der Waals surface area (Å²) in [6.45, 7) is 4.00. The van der Waals surface area contributed by atoms with Crippen LogP contribution in [0.3, 0.4) is 0 Å². The molecular formula is C24H20N2O5. The summed E-state index contributed by atoms with van der Waals surface area (Å²) in [5.74, 6) is -0.423. The Morgan fingerprint density at radius 3 is 2.42 bits per heavy atom. The molecule has 1 aromatic heterocycles. The summed E-state index contributed by atoms with van der Waals surface area (Å²) in [7, 11) is 0. The first-order valence-electron chi connectivity index (χ1n) is 9.77. The van der Waals surface area contributed by atoms with Gasteiger partial charge in [-0.1, -0.05) is 29.8 Å². The number of ether oxygens (including phenoxy) is 1. The Bertz CT molecular complexity index is 1170. The molecule has 0 aliphatic carbocycles. The highest BCUT2D eigenvalue weighted by Gasteiger charge is 2.34. The fourth-order valence-electron chi connectivity index (χ4n) is 3.15. The third-order valence-electron chi connectivity index (χ3n) is 4.78. The van der Waals surface area contributed by atoms with E-state index in [4.69, 9.17) is 9.15 Å². The Kier molecular flexibility index (Phi) is 5.41. The van der Waals surface area contributed by atoms with Gasteiger partial charge in [-0.3, -0.25) is 15.0 Å². The first-order chi connectivity index (χ1) is 15.0. The zero-order valence-corrected chi connectivity index (χ0v) is 17.0. The molecule has 7 nitrogen and oxygen atoms in total. The van der Waals surface area contributed by atoms with Crippen molar-refractivity contribution in [2.45, 2.75) is 13.8 Å². The van der Waals surface area contributed by atoms with Gasteiger partial charge in [0.05, 0.1) is 17.9 Å². The summed E-state index contributed by atoms with van der Waals surface area (Å²) in [4.78, 5) is 36.8. The van der Waals surface area contributed by atoms with E-state index in [1.54, 1.807) is 55.5 Å². The lowest BCUT2D eigenvalue weighted by atomic mass is 10.1. The van der Waals surface area contributed by atoms with Crippen LogP contribution in [0.1, 0.15) is 28.6 Å². The average Bonchev–Trinajstić information content (AvgIpc) is 3.35. The van der Waals surface area contributed by atoms with E-state index in [9.17, 15) is 14.4 Å². The fourth-order valence-corrected chi connectivity index (χ4v) is 3.15. The van der Waals surface area contributed by atoms with Crippen LogP contribution in [0.25, 0.3) is 17.4 Å². The van der Waals surface area contributed by atoms with Crippen LogP contribution in [-0.2, 0) is 14.3 Å². The molecule has 1 aliphatic heterocycles. The van der Waals surface area contributed by atoms with E-state index in [1.807, 2.05) is 19.1 Å². The van der Waals surface area contributed by atoms with Gasteiger partial charge < -0.3 is 9.15 Å². The second kappa shape index (κ2) is 8.31. The van der Waals surface area contributed by atoms with Crippen molar-refractivity contribution in [2.75, 3.05) is 11.6 Å². The SMILES string of the molecule is CCOC(=O)c1ccc(-c2ccc(C=C3C(=O)NN(c4ccc(C)cc4)C3=O)o2)cc1. The maximum atomic E-state index is 12.7. The molecule has 1 saturated heterocycles. The zero-order valence-electron chi connectivity index (χ0n) is 17.0. The number of aryl methyl sites for hydroxylation is 1. The normalized spacial score (nSPS) is 14.8. The van der Waals surface area contributed by atoms with Crippen molar-refractivity contribution in [3.63, 3.8) is 0 Å². The average molecular weight is 416 g/mol. The van der Waals surface area contributed by atoms with Crippen LogP contribution >= 0.6 is 0 Å². The number of anilines is 1. The Hall–Kier alpha value is -4.13. The molecule has 0 atom stereocenters. The lowest BCUT2D eigenvalue weighted by Gasteiger charge is -2.14. The molecule has 31 heavy (non-hydrogen) atoms. The Balaban J connectivity index is 1.54. The molecule has 0 radical (unpaired) electrons. The van der Waals surface area contributed by atoms with E-state index in [0.29, 0.717) is 29.4 Å². The number of nitrogens with zero attached hydrogens (tertiary/aromatic N) is 1. The number of benzene rings is 2. The molecule has 1 N–H and O–H groups in total. The van der Waals surface area contributed by atoms with Gasteiger partial charge in [0, 0.05) is 5.56 Å². The molecular weight excluding hydrogens is 396 g/mol. The number of hydrogen-bond acceptors (Lipinski definition) is 5. The van der Waals surface area contributed by atoms with Gasteiger partial charge in [0.1, 0.15) is 17.1 Å². The molecule has 2 amide bonds. The van der Waals surface area contributed by atoms with Crippen molar-refractivity contribution in [2.24, 2.45) is 0 Å². The van der Waals surface area contributed by atoms with Crippen LogP contribution in [0, 0.1) is 6.92 Å². The Morgan fingerprint density at radius 1 is 1.03 bits per heavy atom. The van der Waals surface area contributed by atoms with E-state index >= 15 is 0 Å². The van der Waals surface area contributed by atoms with Crippen molar-refractivity contribution < 1.29 is 23.5 Å². The first kappa shape index (κ1) is 20.2. The molecule has 0 saturated carbocycles. The molecule has 3 aromatic rings. The monoisotopic (exact) mass is 416 g/mol. The highest BCUT2D eigenvalue weighted by molar-refractivity contribution is 6.31. The summed E-state index contributed by atoms with van der Waals surface area (Å²) in [6, 6.07) is 17.5. The Morgan fingerprint density at radius 2 is 1.74 bits per heavy atom. The molecule has 4 rings (SSSR count). The second-order valence-corrected chi connectivity index (χ2v) is 6.97. The molecule has 0 bridgehead atoms. The van der Waals surface area contributed by atoms with Gasteiger partial charge in [0.2, 0.25) is 0 Å². The van der Waals surface area contributed by atoms with E-state index in [-0.39, 0.29) is 11.5 Å². The van der Waals surface area contributed by atoms with E-state index in [0.717, 1.165) is 11.1 Å². The highest BCUT2D eigenvalue weighted by atomic mass is 16.5. The number of nitrogens with one attached hydrogen (secondary N) is 1. The predicted molar refractivity (Wildman–Crippen MR) is 115 cm³/mol. The first-order valence-corrected chi connectivity index (χ1v) is 9.77. The second-order valence-electron chi connectivity index (χ2n) is 6.97. The standard InChI is InChI=1S/C24H20N2O5/c1-3-30-24(29)17-8-6-16(7-9-17)21-13-12-19(31-21)14-20-22(27)25-26(23(20)28)18-10-4-15(2)5-11-18/h4-14H,3H2,1-2H3,(H,25,27). The lowest BCUT2D eigenvalue weighted by Crippen LogP contribution is -2.35. The van der Waals surface area contributed by atoms with Gasteiger partial charge in [-0.2, -0.15) is 0 Å². The largest absolute Gasteiger partial charge is 0.462 e. The van der Waals surface area contributed by atoms with Crippen LogP contribution in [0.4, 0.5) is 5.69 Å². The number of hydrogen-bond donors (Lipinski definition) is 1. The molecule has 0 spiro atoms. The minimum absolute atomic E-state index is 0.0147. The van der Waals surface area contributed by atoms with Gasteiger partial charge in [-0.25, -0.2) is 9.80 Å². The third-order valence-corrected chi connectivity index (χ3v) is 4.78. The number of furan rings is 1. The van der Waals surface area contributed by atoms with Crippen LogP contribution in [-0.4, -0.2) is 24.4 Å². The fraction of sp³-hybridized carbons (Fsp3) is 0.125. The number of carbonyl (C=O) groups excluding carboxylic acids is 3. The molecule has 2 heterocycles. The zero-order chi connectivity index (χ0) is 22.0. The summed E-state index contributed by atoms with van der Waals surface area (Å²) < 4.78 is 10.8. The number of amides is 2. The van der Waals surface area contributed by atoms with Crippen LogP contribution in [0.2, 0.25) is 0 Å².